The minimum Gasteiger partial charge on any atom is -0.396 e. The molecule has 0 aliphatic heterocycles. The first kappa shape index (κ1) is 26.8. The molecule has 0 bridgehead atoms. The number of rotatable bonds is 8. The van der Waals surface area contributed by atoms with E-state index in [9.17, 15) is 37.3 Å². The summed E-state index contributed by atoms with van der Waals surface area (Å²) in [5.41, 5.74) is 2.19. The molecule has 0 amide bonds. The second kappa shape index (κ2) is 9.77. The maximum atomic E-state index is 13.5. The molecule has 38 heavy (non-hydrogen) atoms. The summed E-state index contributed by atoms with van der Waals surface area (Å²) in [6.45, 7) is -0.609. The molecule has 0 unspecified atom stereocenters. The van der Waals surface area contributed by atoms with Crippen molar-refractivity contribution in [1.29, 1.82) is 0 Å². The van der Waals surface area contributed by atoms with Crippen LogP contribution in [0.4, 0.5) is 33.7 Å². The predicted octanol–water partition coefficient (Wildman–Crippen LogP) is 3.46. The van der Waals surface area contributed by atoms with Gasteiger partial charge in [-0.15, -0.1) is 11.3 Å². The number of aliphatic hydroxyl groups is 3. The molecule has 4 atom stereocenters. The topological polar surface area (TPSA) is 136 Å². The fourth-order valence-corrected chi connectivity index (χ4v) is 5.63. The number of alkyl halides is 5. The molecule has 2 saturated carbocycles. The molecular weight excluding hydrogens is 535 g/mol. The van der Waals surface area contributed by atoms with Crippen LogP contribution in [0.1, 0.15) is 36.6 Å². The highest BCUT2D eigenvalue weighted by Crippen LogP contribution is 2.45. The van der Waals surface area contributed by atoms with E-state index in [1.165, 1.54) is 18.3 Å². The van der Waals surface area contributed by atoms with Gasteiger partial charge in [-0.2, -0.15) is 26.9 Å². The molecule has 5 rings (SSSR count). The van der Waals surface area contributed by atoms with Crippen LogP contribution in [0, 0.1) is 12.8 Å². The van der Waals surface area contributed by atoms with E-state index >= 15 is 0 Å². The van der Waals surface area contributed by atoms with Gasteiger partial charge in [0.15, 0.2) is 0 Å². The lowest BCUT2D eigenvalue weighted by molar-refractivity contribution is -0.275. The van der Waals surface area contributed by atoms with Crippen molar-refractivity contribution in [1.82, 2.24) is 19.9 Å². The molecule has 0 aromatic carbocycles. The number of thiazole rings is 1. The van der Waals surface area contributed by atoms with E-state index in [2.05, 4.69) is 20.3 Å². The van der Waals surface area contributed by atoms with Crippen molar-refractivity contribution in [2.24, 2.45) is 5.92 Å². The second-order valence-electron chi connectivity index (χ2n) is 9.66. The molecule has 3 aromatic heterocycles. The van der Waals surface area contributed by atoms with Gasteiger partial charge in [-0.1, -0.05) is 0 Å². The largest absolute Gasteiger partial charge is 0.455 e. The summed E-state index contributed by atoms with van der Waals surface area (Å²) in [5.74, 6) is -5.77. The second-order valence-corrected chi connectivity index (χ2v) is 10.7. The Balaban J connectivity index is 1.54. The van der Waals surface area contributed by atoms with Crippen molar-refractivity contribution in [3.8, 4) is 10.6 Å². The van der Waals surface area contributed by atoms with Crippen molar-refractivity contribution in [3.63, 3.8) is 0 Å². The Morgan fingerprint density at radius 3 is 2.45 bits per heavy atom. The van der Waals surface area contributed by atoms with E-state index in [0.717, 1.165) is 23.2 Å². The third-order valence-corrected chi connectivity index (χ3v) is 7.88. The summed E-state index contributed by atoms with van der Waals surface area (Å²) in [6, 6.07) is 1.02. The lowest BCUT2D eigenvalue weighted by Crippen LogP contribution is -2.42. The molecule has 2 fully saturated rings. The molecule has 0 saturated heterocycles. The van der Waals surface area contributed by atoms with E-state index in [1.807, 2.05) is 11.4 Å². The molecule has 0 spiro atoms. The monoisotopic (exact) mass is 560 g/mol. The molecule has 9 nitrogen and oxygen atoms in total. The molecule has 3 aromatic rings. The Morgan fingerprint density at radius 2 is 1.82 bits per heavy atom. The number of pyridine rings is 1. The maximum absolute atomic E-state index is 13.5. The van der Waals surface area contributed by atoms with Crippen LogP contribution in [0.5, 0.6) is 0 Å². The van der Waals surface area contributed by atoms with Crippen molar-refractivity contribution >= 4 is 33.3 Å². The maximum Gasteiger partial charge on any atom is 0.455 e. The van der Waals surface area contributed by atoms with Crippen LogP contribution in [0.2, 0.25) is 0 Å². The van der Waals surface area contributed by atoms with Crippen LogP contribution in [0.15, 0.2) is 12.3 Å². The summed E-state index contributed by atoms with van der Waals surface area (Å²) in [6.07, 6.45) is -4.40. The molecule has 206 valence electrons. The SMILES string of the molecule is Cc1nc(NCC(F)(F)C(F)(F)F)nc(N[C@@H]2C[C@H](CO)[C@@H](O)[C@H]2O)c1-c1nc2c(C3CC3)nccc2s1. The number of aliphatic hydroxyl groups excluding tert-OH is 3. The highest BCUT2D eigenvalue weighted by molar-refractivity contribution is 7.21. The number of aryl methyl sites for hydroxylation is 1. The number of halogens is 5. The van der Waals surface area contributed by atoms with E-state index in [4.69, 9.17) is 4.98 Å². The average molecular weight is 561 g/mol. The van der Waals surface area contributed by atoms with Gasteiger partial charge >= 0.3 is 12.1 Å². The Morgan fingerprint density at radius 1 is 1.08 bits per heavy atom. The van der Waals surface area contributed by atoms with Crippen molar-refractivity contribution in [2.45, 2.75) is 62.5 Å². The third-order valence-electron chi connectivity index (χ3n) is 6.85. The molecule has 3 heterocycles. The molecule has 5 N–H and O–H groups in total. The fourth-order valence-electron chi connectivity index (χ4n) is 4.56. The summed E-state index contributed by atoms with van der Waals surface area (Å²) < 4.78 is 65.9. The van der Waals surface area contributed by atoms with E-state index in [1.54, 1.807) is 6.20 Å². The van der Waals surface area contributed by atoms with Crippen LogP contribution in [0.25, 0.3) is 20.8 Å². The van der Waals surface area contributed by atoms with Crippen LogP contribution in [-0.4, -0.2) is 78.8 Å². The van der Waals surface area contributed by atoms with Gasteiger partial charge in [-0.05, 0) is 32.3 Å². The van der Waals surface area contributed by atoms with Gasteiger partial charge in [0.2, 0.25) is 5.95 Å². The molecular formula is C23H25F5N6O3S. The van der Waals surface area contributed by atoms with Crippen molar-refractivity contribution < 1.29 is 37.3 Å². The Hall–Kier alpha value is -2.75. The Kier molecular flexibility index (Phi) is 6.90. The summed E-state index contributed by atoms with van der Waals surface area (Å²) in [4.78, 5) is 17.5. The minimum absolute atomic E-state index is 0.0325. The number of hydrogen-bond acceptors (Lipinski definition) is 10. The van der Waals surface area contributed by atoms with Gasteiger partial charge in [0.25, 0.3) is 0 Å². The van der Waals surface area contributed by atoms with Gasteiger partial charge in [0, 0.05) is 24.6 Å². The zero-order valence-corrected chi connectivity index (χ0v) is 20.8. The van der Waals surface area contributed by atoms with Crippen LogP contribution >= 0.6 is 11.3 Å². The number of nitrogens with zero attached hydrogens (tertiary/aromatic N) is 4. The predicted molar refractivity (Wildman–Crippen MR) is 129 cm³/mol. The molecule has 2 aliphatic rings. The first-order valence-corrected chi connectivity index (χ1v) is 12.8. The van der Waals surface area contributed by atoms with Crippen LogP contribution < -0.4 is 10.6 Å². The fraction of sp³-hybridized carbons (Fsp3) is 0.565. The number of aromatic nitrogens is 4. The molecule has 15 heteroatoms. The first-order chi connectivity index (χ1) is 17.9. The van der Waals surface area contributed by atoms with Crippen molar-refractivity contribution in [3.05, 3.63) is 23.7 Å². The van der Waals surface area contributed by atoms with Crippen molar-refractivity contribution in [2.75, 3.05) is 23.8 Å². The van der Waals surface area contributed by atoms with Crippen LogP contribution in [0.3, 0.4) is 0 Å². The Bertz CT molecular complexity index is 1330. The number of nitrogens with one attached hydrogen (secondary N) is 2. The van der Waals surface area contributed by atoms with Crippen LogP contribution in [-0.2, 0) is 0 Å². The van der Waals surface area contributed by atoms with Gasteiger partial charge in [0.05, 0.1) is 40.3 Å². The third kappa shape index (κ3) is 4.99. The zero-order valence-electron chi connectivity index (χ0n) is 20.0. The first-order valence-electron chi connectivity index (χ1n) is 12.0. The van der Waals surface area contributed by atoms with Gasteiger partial charge < -0.3 is 26.0 Å². The summed E-state index contributed by atoms with van der Waals surface area (Å²) >= 11 is 1.32. The van der Waals surface area contributed by atoms with Gasteiger partial charge in [-0.25, -0.2) is 9.97 Å². The lowest BCUT2D eigenvalue weighted by Gasteiger charge is -2.22. The number of hydrogen-bond donors (Lipinski definition) is 5. The van der Waals surface area contributed by atoms with Gasteiger partial charge in [0.1, 0.15) is 22.4 Å². The van der Waals surface area contributed by atoms with Gasteiger partial charge in [-0.3, -0.25) is 4.98 Å². The standard InChI is InChI=1S/C23H25F5N6O3S/c1-9-14(20-33-16-13(38-20)4-5-29-15(16)10-2-3-10)19(32-12-6-11(7-35)17(36)18(12)37)34-21(31-9)30-8-22(24,25)23(26,27)28/h4-5,10-12,17-18,35-37H,2-3,6-8H2,1H3,(H2,30,31,32,34)/t11-,12-,17-,18+/m1/s1. The lowest BCUT2D eigenvalue weighted by atomic mass is 10.1. The normalized spacial score (nSPS) is 24.2. The number of anilines is 2. The van der Waals surface area contributed by atoms with E-state index < -0.39 is 48.8 Å². The minimum atomic E-state index is -5.76. The Labute approximate surface area is 217 Å². The highest BCUT2D eigenvalue weighted by atomic mass is 32.1. The van der Waals surface area contributed by atoms with E-state index in [0.29, 0.717) is 22.0 Å². The molecule has 0 radical (unpaired) electrons. The highest BCUT2D eigenvalue weighted by Gasteiger charge is 2.57. The molecule has 2 aliphatic carbocycles. The smallest absolute Gasteiger partial charge is 0.396 e. The quantitative estimate of drug-likeness (QED) is 0.263. The zero-order chi connectivity index (χ0) is 27.4. The number of fused-ring (bicyclic) bond motifs is 1. The summed E-state index contributed by atoms with van der Waals surface area (Å²) in [5, 5.41) is 35.7. The summed E-state index contributed by atoms with van der Waals surface area (Å²) in [7, 11) is 0. The average Bonchev–Trinajstić information content (AvgIpc) is 3.55. The van der Waals surface area contributed by atoms with E-state index in [-0.39, 0.29) is 24.5 Å².